The third-order valence-corrected chi connectivity index (χ3v) is 2.81. The molecule has 0 aliphatic carbocycles. The first kappa shape index (κ1) is 14.9. The number of aliphatic hydroxyl groups excluding tert-OH is 1. The van der Waals surface area contributed by atoms with Gasteiger partial charge in [0.1, 0.15) is 17.2 Å². The predicted octanol–water partition coefficient (Wildman–Crippen LogP) is 2.21. The minimum atomic E-state index is -0.222. The number of carbonyl (C=O) groups is 1. The molecule has 0 saturated carbocycles. The van der Waals surface area contributed by atoms with E-state index < -0.39 is 0 Å². The number of aliphatic hydroxyl groups is 1. The van der Waals surface area contributed by atoms with Crippen molar-refractivity contribution < 1.29 is 19.4 Å². The Morgan fingerprint density at radius 2 is 1.52 bits per heavy atom. The monoisotopic (exact) mass is 287 g/mol. The fraction of sp³-hybridized carbons (Fsp3) is 0.188. The van der Waals surface area contributed by atoms with Crippen LogP contribution in [0.5, 0.6) is 17.2 Å². The molecule has 0 aromatic heterocycles. The summed E-state index contributed by atoms with van der Waals surface area (Å²) in [6.45, 7) is 0.160. The van der Waals surface area contributed by atoms with Gasteiger partial charge >= 0.3 is 0 Å². The molecule has 0 atom stereocenters. The molecule has 0 unspecified atom stereocenters. The summed E-state index contributed by atoms with van der Waals surface area (Å²) in [7, 11) is 1.61. The highest BCUT2D eigenvalue weighted by atomic mass is 16.5. The number of carbonyl (C=O) groups excluding carboxylic acids is 1. The first-order valence-electron chi connectivity index (χ1n) is 6.54. The standard InChI is InChI=1S/C16H17NO4/c1-20-13-6-8-15(9-7-13)21-14-4-2-12(3-5-14)16(19)17-10-11-18/h2-9,18H,10-11H2,1H3,(H,17,19). The molecule has 2 rings (SSSR count). The number of hydrogen-bond donors (Lipinski definition) is 2. The van der Waals surface area contributed by atoms with Gasteiger partial charge < -0.3 is 19.9 Å². The zero-order valence-corrected chi connectivity index (χ0v) is 11.7. The van der Waals surface area contributed by atoms with Crippen molar-refractivity contribution in [3.8, 4) is 17.2 Å². The second-order valence-corrected chi connectivity index (χ2v) is 4.28. The molecule has 2 aromatic rings. The highest BCUT2D eigenvalue weighted by Crippen LogP contribution is 2.23. The van der Waals surface area contributed by atoms with Crippen LogP contribution in [0.15, 0.2) is 48.5 Å². The van der Waals surface area contributed by atoms with Gasteiger partial charge in [-0.05, 0) is 48.5 Å². The lowest BCUT2D eigenvalue weighted by atomic mass is 10.2. The van der Waals surface area contributed by atoms with Crippen LogP contribution in [-0.4, -0.2) is 31.3 Å². The van der Waals surface area contributed by atoms with Crippen LogP contribution in [0.3, 0.4) is 0 Å². The van der Waals surface area contributed by atoms with Crippen LogP contribution < -0.4 is 14.8 Å². The first-order chi connectivity index (χ1) is 10.2. The van der Waals surface area contributed by atoms with Crippen molar-refractivity contribution in [1.29, 1.82) is 0 Å². The van der Waals surface area contributed by atoms with Crippen molar-refractivity contribution in [3.05, 3.63) is 54.1 Å². The quantitative estimate of drug-likeness (QED) is 0.854. The Hall–Kier alpha value is -2.53. The number of benzene rings is 2. The maximum atomic E-state index is 11.7. The summed E-state index contributed by atoms with van der Waals surface area (Å²) in [6, 6.07) is 14.0. The molecule has 0 spiro atoms. The van der Waals surface area contributed by atoms with Crippen molar-refractivity contribution >= 4 is 5.91 Å². The Kier molecular flexibility index (Phi) is 5.17. The molecule has 21 heavy (non-hydrogen) atoms. The minimum absolute atomic E-state index is 0.0790. The molecule has 0 heterocycles. The lowest BCUT2D eigenvalue weighted by Crippen LogP contribution is -2.26. The van der Waals surface area contributed by atoms with Gasteiger partial charge in [0.25, 0.3) is 5.91 Å². The van der Waals surface area contributed by atoms with Crippen molar-refractivity contribution in [2.45, 2.75) is 0 Å². The average Bonchev–Trinajstić information content (AvgIpc) is 2.54. The van der Waals surface area contributed by atoms with Gasteiger partial charge in [0.05, 0.1) is 13.7 Å². The molecule has 0 fully saturated rings. The summed E-state index contributed by atoms with van der Waals surface area (Å²) < 4.78 is 10.7. The van der Waals surface area contributed by atoms with E-state index in [4.69, 9.17) is 14.6 Å². The zero-order chi connectivity index (χ0) is 15.1. The van der Waals surface area contributed by atoms with Crippen LogP contribution in [0.2, 0.25) is 0 Å². The summed E-state index contributed by atoms with van der Waals surface area (Å²) in [6.07, 6.45) is 0. The Morgan fingerprint density at radius 1 is 1.00 bits per heavy atom. The van der Waals surface area contributed by atoms with E-state index >= 15 is 0 Å². The summed E-state index contributed by atoms with van der Waals surface area (Å²) in [5, 5.41) is 11.3. The van der Waals surface area contributed by atoms with E-state index in [0.29, 0.717) is 17.1 Å². The minimum Gasteiger partial charge on any atom is -0.497 e. The van der Waals surface area contributed by atoms with E-state index in [1.807, 2.05) is 12.1 Å². The lowest BCUT2D eigenvalue weighted by molar-refractivity contribution is 0.0945. The van der Waals surface area contributed by atoms with Gasteiger partial charge in [-0.1, -0.05) is 0 Å². The van der Waals surface area contributed by atoms with Gasteiger partial charge in [-0.3, -0.25) is 4.79 Å². The van der Waals surface area contributed by atoms with E-state index in [-0.39, 0.29) is 19.1 Å². The normalized spacial score (nSPS) is 10.0. The zero-order valence-electron chi connectivity index (χ0n) is 11.7. The van der Waals surface area contributed by atoms with Crippen LogP contribution in [0.1, 0.15) is 10.4 Å². The van der Waals surface area contributed by atoms with E-state index in [0.717, 1.165) is 5.75 Å². The van der Waals surface area contributed by atoms with Gasteiger partial charge in [-0.15, -0.1) is 0 Å². The topological polar surface area (TPSA) is 67.8 Å². The fourth-order valence-electron chi connectivity index (χ4n) is 1.73. The number of ether oxygens (including phenoxy) is 2. The van der Waals surface area contributed by atoms with Crippen LogP contribution >= 0.6 is 0 Å². The van der Waals surface area contributed by atoms with Crippen LogP contribution in [0.4, 0.5) is 0 Å². The van der Waals surface area contributed by atoms with Crippen molar-refractivity contribution in [1.82, 2.24) is 5.32 Å². The van der Waals surface area contributed by atoms with Crippen LogP contribution in [-0.2, 0) is 0 Å². The number of hydrogen-bond acceptors (Lipinski definition) is 4. The molecule has 110 valence electrons. The lowest BCUT2D eigenvalue weighted by Gasteiger charge is -2.08. The fourth-order valence-corrected chi connectivity index (χ4v) is 1.73. The third-order valence-electron chi connectivity index (χ3n) is 2.81. The smallest absolute Gasteiger partial charge is 0.251 e. The van der Waals surface area contributed by atoms with E-state index in [1.165, 1.54) is 0 Å². The second-order valence-electron chi connectivity index (χ2n) is 4.28. The van der Waals surface area contributed by atoms with Crippen molar-refractivity contribution in [2.24, 2.45) is 0 Å². The molecule has 2 N–H and O–H groups in total. The second kappa shape index (κ2) is 7.31. The Bertz CT molecular complexity index is 578. The maximum absolute atomic E-state index is 11.7. The van der Waals surface area contributed by atoms with Crippen molar-refractivity contribution in [2.75, 3.05) is 20.3 Å². The van der Waals surface area contributed by atoms with Gasteiger partial charge in [0.15, 0.2) is 0 Å². The molecular formula is C16H17NO4. The number of rotatable bonds is 6. The molecule has 0 saturated heterocycles. The van der Waals surface area contributed by atoms with Crippen LogP contribution in [0.25, 0.3) is 0 Å². The van der Waals surface area contributed by atoms with Crippen molar-refractivity contribution in [3.63, 3.8) is 0 Å². The highest BCUT2D eigenvalue weighted by Gasteiger charge is 2.05. The average molecular weight is 287 g/mol. The Balaban J connectivity index is 1.99. The molecule has 2 aromatic carbocycles. The predicted molar refractivity (Wildman–Crippen MR) is 78.9 cm³/mol. The molecular weight excluding hydrogens is 270 g/mol. The van der Waals surface area contributed by atoms with Crippen LogP contribution in [0, 0.1) is 0 Å². The molecule has 0 aliphatic heterocycles. The Labute approximate surface area is 123 Å². The molecule has 5 nitrogen and oxygen atoms in total. The van der Waals surface area contributed by atoms with E-state index in [1.54, 1.807) is 43.5 Å². The number of methoxy groups -OCH3 is 1. The number of amides is 1. The summed E-state index contributed by atoms with van der Waals surface area (Å²) in [5.41, 5.74) is 0.519. The molecule has 1 amide bonds. The third kappa shape index (κ3) is 4.22. The maximum Gasteiger partial charge on any atom is 0.251 e. The molecule has 0 aliphatic rings. The summed E-state index contributed by atoms with van der Waals surface area (Å²) in [5.74, 6) is 1.87. The van der Waals surface area contributed by atoms with Gasteiger partial charge in [-0.25, -0.2) is 0 Å². The SMILES string of the molecule is COc1ccc(Oc2ccc(C(=O)NCCO)cc2)cc1. The molecule has 5 heteroatoms. The van der Waals surface area contributed by atoms with E-state index in [9.17, 15) is 4.79 Å². The molecule has 0 radical (unpaired) electrons. The molecule has 0 bridgehead atoms. The van der Waals surface area contributed by atoms with Gasteiger partial charge in [-0.2, -0.15) is 0 Å². The number of nitrogens with one attached hydrogen (secondary N) is 1. The van der Waals surface area contributed by atoms with Gasteiger partial charge in [0, 0.05) is 12.1 Å². The largest absolute Gasteiger partial charge is 0.497 e. The first-order valence-corrected chi connectivity index (χ1v) is 6.54. The van der Waals surface area contributed by atoms with E-state index in [2.05, 4.69) is 5.32 Å². The highest BCUT2D eigenvalue weighted by molar-refractivity contribution is 5.94. The summed E-state index contributed by atoms with van der Waals surface area (Å²) >= 11 is 0. The van der Waals surface area contributed by atoms with Gasteiger partial charge in [0.2, 0.25) is 0 Å². The Morgan fingerprint density at radius 3 is 2.05 bits per heavy atom. The summed E-state index contributed by atoms with van der Waals surface area (Å²) in [4.78, 5) is 11.7.